The number of hydrogen-bond donors (Lipinski definition) is 0. The van der Waals surface area contributed by atoms with E-state index in [1.807, 2.05) is 55.5 Å². The van der Waals surface area contributed by atoms with Crippen molar-refractivity contribution in [1.29, 1.82) is 0 Å². The summed E-state index contributed by atoms with van der Waals surface area (Å²) < 4.78 is 30.8. The summed E-state index contributed by atoms with van der Waals surface area (Å²) in [6, 6.07) is 14.9. The molecule has 8 heteroatoms. The molecule has 1 aromatic heterocycles. The number of ether oxygens (including phenoxy) is 1. The van der Waals surface area contributed by atoms with E-state index in [1.165, 1.54) is 11.3 Å². The third kappa shape index (κ3) is 4.89. The number of benzene rings is 2. The van der Waals surface area contributed by atoms with Crippen LogP contribution >= 0.6 is 22.9 Å². The zero-order valence-electron chi connectivity index (χ0n) is 17.2. The molecule has 1 unspecified atom stereocenters. The fourth-order valence-electron chi connectivity index (χ4n) is 3.78. The van der Waals surface area contributed by atoms with Gasteiger partial charge in [-0.3, -0.25) is 4.79 Å². The lowest BCUT2D eigenvalue weighted by molar-refractivity contribution is 0.0686. The Morgan fingerprint density at radius 3 is 2.58 bits per heavy atom. The fraction of sp³-hybridized carbons (Fsp3) is 0.348. The van der Waals surface area contributed by atoms with Gasteiger partial charge in [-0.1, -0.05) is 48.9 Å². The second-order valence-electron chi connectivity index (χ2n) is 7.72. The first kappa shape index (κ1) is 22.1. The molecule has 1 aliphatic rings. The lowest BCUT2D eigenvalue weighted by Gasteiger charge is -2.28. The zero-order valence-corrected chi connectivity index (χ0v) is 19.6. The molecule has 1 saturated heterocycles. The Hall–Kier alpha value is -2.09. The highest BCUT2D eigenvalue weighted by Gasteiger charge is 2.36. The van der Waals surface area contributed by atoms with Crippen molar-refractivity contribution in [2.24, 2.45) is 0 Å². The van der Waals surface area contributed by atoms with E-state index in [4.69, 9.17) is 16.3 Å². The summed E-state index contributed by atoms with van der Waals surface area (Å²) in [6.07, 6.45) is 1.37. The van der Waals surface area contributed by atoms with Crippen LogP contribution in [0.25, 0.3) is 10.1 Å². The Morgan fingerprint density at radius 1 is 1.19 bits per heavy atom. The maximum absolute atomic E-state index is 13.6. The molecule has 1 amide bonds. The predicted octanol–water partition coefficient (Wildman–Crippen LogP) is 5.17. The Kier molecular flexibility index (Phi) is 6.55. The van der Waals surface area contributed by atoms with Crippen LogP contribution < -0.4 is 4.74 Å². The second-order valence-corrected chi connectivity index (χ2v) is 11.4. The highest BCUT2D eigenvalue weighted by molar-refractivity contribution is 7.91. The second kappa shape index (κ2) is 9.18. The third-order valence-corrected chi connectivity index (χ3v) is 8.80. The molecule has 0 radical (unpaired) electrons. The monoisotopic (exact) mass is 477 g/mol. The highest BCUT2D eigenvalue weighted by Crippen LogP contribution is 2.37. The lowest BCUT2D eigenvalue weighted by atomic mass is 10.1. The summed E-state index contributed by atoms with van der Waals surface area (Å²) in [5.41, 5.74) is 0.915. The number of thiophene rings is 1. The van der Waals surface area contributed by atoms with E-state index < -0.39 is 9.84 Å². The highest BCUT2D eigenvalue weighted by atomic mass is 35.5. The normalized spacial score (nSPS) is 17.7. The molecular weight excluding hydrogens is 454 g/mol. The van der Waals surface area contributed by atoms with E-state index in [9.17, 15) is 13.2 Å². The van der Waals surface area contributed by atoms with E-state index in [1.54, 1.807) is 4.90 Å². The maximum atomic E-state index is 13.6. The van der Waals surface area contributed by atoms with Crippen molar-refractivity contribution in [2.45, 2.75) is 32.4 Å². The fourth-order valence-corrected chi connectivity index (χ4v) is 6.98. The van der Waals surface area contributed by atoms with Crippen LogP contribution in [0.1, 0.15) is 35.0 Å². The molecule has 31 heavy (non-hydrogen) atoms. The van der Waals surface area contributed by atoms with Gasteiger partial charge in [0, 0.05) is 22.7 Å². The molecule has 0 saturated carbocycles. The molecule has 1 atom stereocenters. The number of sulfone groups is 1. The number of carbonyl (C=O) groups excluding carboxylic acids is 1. The minimum Gasteiger partial charge on any atom is -0.494 e. The summed E-state index contributed by atoms with van der Waals surface area (Å²) in [5.74, 6) is 0.642. The molecular formula is C23H24ClNO4S2. The van der Waals surface area contributed by atoms with Crippen LogP contribution in [0, 0.1) is 0 Å². The van der Waals surface area contributed by atoms with Crippen molar-refractivity contribution in [1.82, 2.24) is 4.90 Å². The van der Waals surface area contributed by atoms with Gasteiger partial charge in [0.05, 0.1) is 23.1 Å². The molecule has 0 bridgehead atoms. The first-order valence-corrected chi connectivity index (χ1v) is 13.3. The van der Waals surface area contributed by atoms with E-state index in [0.29, 0.717) is 29.5 Å². The number of fused-ring (bicyclic) bond motifs is 1. The topological polar surface area (TPSA) is 63.7 Å². The zero-order chi connectivity index (χ0) is 22.0. The molecule has 4 rings (SSSR count). The Balaban J connectivity index is 1.64. The van der Waals surface area contributed by atoms with Crippen LogP contribution in [-0.2, 0) is 16.4 Å². The Bertz CT molecular complexity index is 1190. The molecule has 2 heterocycles. The average molecular weight is 478 g/mol. The SMILES string of the molecule is CCCOc1ccc(CN(C(=O)c2sc3ccccc3c2Cl)C2CCS(=O)(=O)C2)cc1. The van der Waals surface area contributed by atoms with Gasteiger partial charge < -0.3 is 9.64 Å². The summed E-state index contributed by atoms with van der Waals surface area (Å²) in [4.78, 5) is 15.7. The van der Waals surface area contributed by atoms with E-state index in [0.717, 1.165) is 27.8 Å². The van der Waals surface area contributed by atoms with Crippen LogP contribution in [0.5, 0.6) is 5.75 Å². The molecule has 1 aliphatic heterocycles. The van der Waals surface area contributed by atoms with Gasteiger partial charge in [0.25, 0.3) is 5.91 Å². The van der Waals surface area contributed by atoms with Crippen molar-refractivity contribution in [3.63, 3.8) is 0 Å². The van der Waals surface area contributed by atoms with Gasteiger partial charge >= 0.3 is 0 Å². The number of hydrogen-bond acceptors (Lipinski definition) is 5. The molecule has 3 aromatic rings. The van der Waals surface area contributed by atoms with Crippen LogP contribution in [-0.4, -0.2) is 43.4 Å². The van der Waals surface area contributed by atoms with Crippen LogP contribution in [0.2, 0.25) is 5.02 Å². The lowest BCUT2D eigenvalue weighted by Crippen LogP contribution is -2.40. The van der Waals surface area contributed by atoms with Gasteiger partial charge in [0.2, 0.25) is 0 Å². The minimum absolute atomic E-state index is 0.0149. The predicted molar refractivity (Wildman–Crippen MR) is 126 cm³/mol. The third-order valence-electron chi connectivity index (χ3n) is 5.39. The number of rotatable bonds is 7. The first-order chi connectivity index (χ1) is 14.9. The van der Waals surface area contributed by atoms with Crippen molar-refractivity contribution < 1.29 is 17.9 Å². The van der Waals surface area contributed by atoms with Gasteiger partial charge in [-0.15, -0.1) is 11.3 Å². The van der Waals surface area contributed by atoms with Crippen molar-refractivity contribution in [3.05, 3.63) is 64.0 Å². The van der Waals surface area contributed by atoms with Crippen LogP contribution in [0.15, 0.2) is 48.5 Å². The molecule has 164 valence electrons. The average Bonchev–Trinajstić information content (AvgIpc) is 3.30. The standard InChI is InChI=1S/C23H24ClNO4S2/c1-2-12-29-18-9-7-16(8-10-18)14-25(17-11-13-31(27,28)15-17)23(26)22-21(24)19-5-3-4-6-20(19)30-22/h3-10,17H,2,11-15H2,1H3. The largest absolute Gasteiger partial charge is 0.494 e. The van der Waals surface area contributed by atoms with Crippen LogP contribution in [0.4, 0.5) is 0 Å². The van der Waals surface area contributed by atoms with Gasteiger partial charge in [-0.2, -0.15) is 0 Å². The molecule has 5 nitrogen and oxygen atoms in total. The van der Waals surface area contributed by atoms with Gasteiger partial charge in [0.15, 0.2) is 9.84 Å². The summed E-state index contributed by atoms with van der Waals surface area (Å²) in [5, 5.41) is 1.27. The first-order valence-electron chi connectivity index (χ1n) is 10.3. The molecule has 0 aliphatic carbocycles. The smallest absolute Gasteiger partial charge is 0.266 e. The quantitative estimate of drug-likeness (QED) is 0.470. The number of carbonyl (C=O) groups is 1. The summed E-state index contributed by atoms with van der Waals surface area (Å²) >= 11 is 7.91. The number of halogens is 1. The summed E-state index contributed by atoms with van der Waals surface area (Å²) in [6.45, 7) is 3.01. The van der Waals surface area contributed by atoms with Gasteiger partial charge in [-0.05, 0) is 36.6 Å². The van der Waals surface area contributed by atoms with Crippen molar-refractivity contribution in [2.75, 3.05) is 18.1 Å². The minimum atomic E-state index is -3.14. The number of nitrogens with zero attached hydrogens (tertiary/aromatic N) is 1. The van der Waals surface area contributed by atoms with E-state index in [-0.39, 0.29) is 23.5 Å². The van der Waals surface area contributed by atoms with Gasteiger partial charge in [-0.25, -0.2) is 8.42 Å². The Labute approximate surface area is 191 Å². The molecule has 0 spiro atoms. The van der Waals surface area contributed by atoms with Crippen molar-refractivity contribution >= 4 is 48.8 Å². The van der Waals surface area contributed by atoms with Crippen LogP contribution in [0.3, 0.4) is 0 Å². The van der Waals surface area contributed by atoms with Crippen molar-refractivity contribution in [3.8, 4) is 5.75 Å². The molecule has 0 N–H and O–H groups in total. The van der Waals surface area contributed by atoms with E-state index >= 15 is 0 Å². The summed E-state index contributed by atoms with van der Waals surface area (Å²) in [7, 11) is -3.14. The molecule has 1 fully saturated rings. The van der Waals surface area contributed by atoms with Gasteiger partial charge in [0.1, 0.15) is 10.6 Å². The van der Waals surface area contributed by atoms with E-state index in [2.05, 4.69) is 0 Å². The molecule has 2 aromatic carbocycles. The maximum Gasteiger partial charge on any atom is 0.266 e. The number of amides is 1. The Morgan fingerprint density at radius 2 is 1.94 bits per heavy atom.